The van der Waals surface area contributed by atoms with Gasteiger partial charge in [0.15, 0.2) is 0 Å². The van der Waals surface area contributed by atoms with E-state index in [4.69, 9.17) is 2.05 Å². The molecule has 0 spiro atoms. The van der Waals surface area contributed by atoms with Crippen molar-refractivity contribution in [3.8, 4) is 5.75 Å². The van der Waals surface area contributed by atoms with E-state index in [1.54, 1.807) is 0 Å². The predicted octanol–water partition coefficient (Wildman–Crippen LogP) is 3.45. The Hall–Kier alpha value is 0.554. The van der Waals surface area contributed by atoms with Crippen molar-refractivity contribution >= 4 is 4.83 Å². The molecule has 0 amide bonds. The molecule has 0 aliphatic heterocycles. The zero-order valence-electron chi connectivity index (χ0n) is 8.16. The van der Waals surface area contributed by atoms with Gasteiger partial charge < -0.3 is 0 Å². The van der Waals surface area contributed by atoms with E-state index >= 15 is 0 Å². The van der Waals surface area contributed by atoms with Gasteiger partial charge in [0.25, 0.3) is 0 Å². The van der Waals surface area contributed by atoms with Gasteiger partial charge in [-0.25, -0.2) is 0 Å². The fraction of sp³-hybridized carbons (Fsp3) is 0.400. The van der Waals surface area contributed by atoms with Crippen LogP contribution in [-0.2, 0) is 29.0 Å². The molecule has 0 bridgehead atoms. The number of hydrogen-bond acceptors (Lipinski definition) is 1. The number of hydrogen-bond donors (Lipinski definition) is 0. The average Bonchev–Trinajstić information content (AvgIpc) is 2.19. The van der Waals surface area contributed by atoms with Gasteiger partial charge >= 0.3 is 97.9 Å². The van der Waals surface area contributed by atoms with Crippen LogP contribution in [-0.4, -0.2) is 5.66 Å². The fourth-order valence-electron chi connectivity index (χ4n) is 0.835. The molecule has 1 rings (SSSR count). The van der Waals surface area contributed by atoms with Gasteiger partial charge in [-0.3, -0.25) is 0 Å². The Morgan fingerprint density at radius 2 is 2.08 bits per heavy atom. The first kappa shape index (κ1) is 11.6. The van der Waals surface area contributed by atoms with Gasteiger partial charge in [-0.15, -0.1) is 0 Å². The first-order chi connectivity index (χ1) is 6.33. The molecule has 1 nitrogen and oxygen atoms in total. The third-order valence-corrected chi connectivity index (χ3v) is 9.87. The Labute approximate surface area is 97.3 Å². The standard InChI is InChI=1S/C6H6O.C4H10P.Y/c7-6-4-2-1-3-5-6;1-3-4(2)5;/h1-5,7H;4-5H,3H2,1-2H3;/q;-1;+2/p-1. The molecule has 2 atom stereocenters. The van der Waals surface area contributed by atoms with Gasteiger partial charge in [0.2, 0.25) is 0 Å². The maximum atomic E-state index is 5.78. The van der Waals surface area contributed by atoms with Gasteiger partial charge in [-0.05, 0) is 0 Å². The van der Waals surface area contributed by atoms with E-state index in [1.807, 2.05) is 30.3 Å². The number of para-hydroxylation sites is 1. The molecule has 1 aromatic carbocycles. The van der Waals surface area contributed by atoms with Crippen LogP contribution < -0.4 is 2.05 Å². The van der Waals surface area contributed by atoms with Crippen molar-refractivity contribution in [2.75, 3.05) is 0 Å². The molecule has 1 aromatic rings. The molecule has 0 saturated heterocycles. The second-order valence-corrected chi connectivity index (χ2v) is 9.35. The summed E-state index contributed by atoms with van der Waals surface area (Å²) in [6.07, 6.45) is 1.29. The van der Waals surface area contributed by atoms with Crippen LogP contribution in [0.5, 0.6) is 5.75 Å². The first-order valence-corrected chi connectivity index (χ1v) is 11.2. The van der Waals surface area contributed by atoms with Gasteiger partial charge in [0.1, 0.15) is 0 Å². The third kappa shape index (κ3) is 5.10. The number of rotatable bonds is 5. The van der Waals surface area contributed by atoms with Crippen molar-refractivity contribution in [2.24, 2.45) is 0 Å². The Morgan fingerprint density at radius 3 is 2.69 bits per heavy atom. The molecule has 0 aliphatic carbocycles. The van der Waals surface area contributed by atoms with Crippen LogP contribution in [0.15, 0.2) is 30.3 Å². The molecular weight excluding hydrogens is 256 g/mol. The summed E-state index contributed by atoms with van der Waals surface area (Å²) in [4.78, 5) is 1.10. The van der Waals surface area contributed by atoms with Gasteiger partial charge in [-0.2, -0.15) is 0 Å². The molecular formula is C10H15OPY. The van der Waals surface area contributed by atoms with E-state index < -0.39 is 29.0 Å². The summed E-state index contributed by atoms with van der Waals surface area (Å²) < 4.78 is 5.78. The molecule has 0 saturated carbocycles. The molecule has 13 heavy (non-hydrogen) atoms. The third-order valence-electron chi connectivity index (χ3n) is 1.90. The quantitative estimate of drug-likeness (QED) is 0.745. The van der Waals surface area contributed by atoms with Crippen molar-refractivity contribution in [3.63, 3.8) is 0 Å². The van der Waals surface area contributed by atoms with Gasteiger partial charge in [-0.1, -0.05) is 0 Å². The van der Waals surface area contributed by atoms with E-state index in [2.05, 4.69) is 13.8 Å². The molecule has 0 aliphatic rings. The van der Waals surface area contributed by atoms with E-state index in [-0.39, 0.29) is 0 Å². The van der Waals surface area contributed by atoms with Crippen LogP contribution >= 0.6 is 4.83 Å². The Bertz CT molecular complexity index is 228. The molecule has 0 heterocycles. The Balaban J connectivity index is 2.20. The molecule has 0 aromatic heterocycles. The average molecular weight is 271 g/mol. The van der Waals surface area contributed by atoms with E-state index in [9.17, 15) is 0 Å². The Morgan fingerprint density at radius 1 is 1.38 bits per heavy atom. The van der Waals surface area contributed by atoms with Gasteiger partial charge in [0, 0.05) is 0 Å². The number of benzene rings is 1. The molecule has 0 N–H and O–H groups in total. The van der Waals surface area contributed by atoms with Crippen LogP contribution in [0.25, 0.3) is 0 Å². The summed E-state index contributed by atoms with van der Waals surface area (Å²) in [6, 6.07) is 10.2. The zero-order valence-corrected chi connectivity index (χ0v) is 12.0. The molecule has 3 heteroatoms. The minimum atomic E-state index is -0.751. The zero-order chi connectivity index (χ0) is 9.52. The summed E-state index contributed by atoms with van der Waals surface area (Å²) in [5.41, 5.74) is 0.880. The van der Waals surface area contributed by atoms with Crippen LogP contribution in [0.1, 0.15) is 20.3 Å². The van der Waals surface area contributed by atoms with Crippen LogP contribution in [0, 0.1) is 0 Å². The minimum absolute atomic E-state index is 0.751. The van der Waals surface area contributed by atoms with E-state index in [0.29, 0.717) is 0 Å². The summed E-state index contributed by atoms with van der Waals surface area (Å²) in [7, 11) is 0. The molecule has 2 unspecified atom stereocenters. The maximum absolute atomic E-state index is 5.78. The van der Waals surface area contributed by atoms with E-state index in [0.717, 1.165) is 16.2 Å². The topological polar surface area (TPSA) is 9.23 Å². The molecule has 0 radical (unpaired) electrons. The predicted molar refractivity (Wildman–Crippen MR) is 55.1 cm³/mol. The normalized spacial score (nSPS) is 12.8. The van der Waals surface area contributed by atoms with Crippen molar-refractivity contribution in [1.82, 2.24) is 0 Å². The summed E-state index contributed by atoms with van der Waals surface area (Å²) in [6.45, 7) is 4.57. The van der Waals surface area contributed by atoms with E-state index in [1.165, 1.54) is 6.42 Å². The summed E-state index contributed by atoms with van der Waals surface area (Å²) >= 11 is -0.751. The van der Waals surface area contributed by atoms with Crippen molar-refractivity contribution < 1.29 is 31.1 Å². The van der Waals surface area contributed by atoms with Crippen LogP contribution in [0.2, 0.25) is 0 Å². The van der Waals surface area contributed by atoms with Crippen molar-refractivity contribution in [2.45, 2.75) is 25.9 Å². The van der Waals surface area contributed by atoms with Gasteiger partial charge in [0.05, 0.1) is 0 Å². The van der Waals surface area contributed by atoms with Crippen LogP contribution in [0.3, 0.4) is 0 Å². The summed E-state index contributed by atoms with van der Waals surface area (Å²) in [5.74, 6) is 1.07. The second kappa shape index (κ2) is 6.93. The summed E-state index contributed by atoms with van der Waals surface area (Å²) in [5, 5.41) is 0. The SMILES string of the molecule is CCC(C)[PH][Y][O]c1ccccc1. The van der Waals surface area contributed by atoms with Crippen molar-refractivity contribution in [1.29, 1.82) is 0 Å². The first-order valence-electron chi connectivity index (χ1n) is 4.62. The van der Waals surface area contributed by atoms with Crippen molar-refractivity contribution in [3.05, 3.63) is 30.3 Å². The Kier molecular flexibility index (Phi) is 6.20. The van der Waals surface area contributed by atoms with Crippen LogP contribution in [0.4, 0.5) is 0 Å². The second-order valence-electron chi connectivity index (χ2n) is 3.02. The monoisotopic (exact) mass is 271 g/mol. The molecule has 0 fully saturated rings. The molecule has 69 valence electrons. The fourth-order valence-corrected chi connectivity index (χ4v) is 6.85.